The van der Waals surface area contributed by atoms with E-state index in [9.17, 15) is 0 Å². The number of ether oxygens (including phenoxy) is 3. The molecule has 1 atom stereocenters. The minimum Gasteiger partial charge on any atom is -0.454 e. The largest absolute Gasteiger partial charge is 0.454 e. The van der Waals surface area contributed by atoms with Gasteiger partial charge in [-0.3, -0.25) is 4.90 Å². The highest BCUT2D eigenvalue weighted by Crippen LogP contribution is 2.42. The predicted molar refractivity (Wildman–Crippen MR) is 85.8 cm³/mol. The van der Waals surface area contributed by atoms with Gasteiger partial charge < -0.3 is 19.9 Å². The van der Waals surface area contributed by atoms with Gasteiger partial charge in [0.1, 0.15) is 0 Å². The van der Waals surface area contributed by atoms with Crippen LogP contribution < -0.4 is 15.2 Å². The number of nitrogens with zero attached hydrogens (tertiary/aromatic N) is 1. The summed E-state index contributed by atoms with van der Waals surface area (Å²) in [7, 11) is 1.72. The zero-order valence-electron chi connectivity index (χ0n) is 12.8. The molecule has 0 fully saturated rings. The molecule has 0 aromatic heterocycles. The topological polar surface area (TPSA) is 57.0 Å². The summed E-state index contributed by atoms with van der Waals surface area (Å²) < 4.78 is 17.1. The number of hydrogen-bond acceptors (Lipinski definition) is 5. The third kappa shape index (κ3) is 3.69. The molecule has 1 aliphatic heterocycles. The van der Waals surface area contributed by atoms with Crippen molar-refractivity contribution >= 4 is 15.9 Å². The normalized spacial score (nSPS) is 15.0. The molecule has 0 bridgehead atoms. The summed E-state index contributed by atoms with van der Waals surface area (Å²) in [6.07, 6.45) is 0. The fraction of sp³-hybridized carbons (Fsp3) is 0.600. The molecule has 1 aromatic carbocycles. The number of halogens is 1. The summed E-state index contributed by atoms with van der Waals surface area (Å²) >= 11 is 3.55. The molecule has 0 saturated heterocycles. The van der Waals surface area contributed by atoms with E-state index < -0.39 is 0 Å². The Morgan fingerprint density at radius 1 is 1.38 bits per heavy atom. The second-order valence-electron chi connectivity index (χ2n) is 5.31. The summed E-state index contributed by atoms with van der Waals surface area (Å²) in [5, 5.41) is 0. The molecular weight excluding hydrogens is 336 g/mol. The maximum atomic E-state index is 6.04. The van der Waals surface area contributed by atoms with E-state index in [0.717, 1.165) is 28.1 Å². The van der Waals surface area contributed by atoms with Gasteiger partial charge in [-0.1, -0.05) is 0 Å². The lowest BCUT2D eigenvalue weighted by Crippen LogP contribution is -2.40. The van der Waals surface area contributed by atoms with Crippen LogP contribution in [0.5, 0.6) is 11.5 Å². The average molecular weight is 359 g/mol. The summed E-state index contributed by atoms with van der Waals surface area (Å²) in [6, 6.07) is 4.57. The van der Waals surface area contributed by atoms with Gasteiger partial charge in [0.2, 0.25) is 6.79 Å². The molecule has 0 spiro atoms. The quantitative estimate of drug-likeness (QED) is 0.811. The Hall–Kier alpha value is -0.820. The van der Waals surface area contributed by atoms with Crippen molar-refractivity contribution in [3.05, 3.63) is 22.2 Å². The second kappa shape index (κ2) is 7.45. The molecule has 1 aliphatic rings. The van der Waals surface area contributed by atoms with Gasteiger partial charge in [0, 0.05) is 32.3 Å². The van der Waals surface area contributed by atoms with Crippen molar-refractivity contribution in [3.8, 4) is 11.5 Å². The highest BCUT2D eigenvalue weighted by atomic mass is 79.9. The molecule has 0 aliphatic carbocycles. The molecule has 1 heterocycles. The van der Waals surface area contributed by atoms with E-state index in [1.54, 1.807) is 7.11 Å². The number of nitrogens with two attached hydrogens (primary N) is 1. The van der Waals surface area contributed by atoms with Gasteiger partial charge in [-0.15, -0.1) is 0 Å². The highest BCUT2D eigenvalue weighted by Gasteiger charge is 2.25. The minimum absolute atomic E-state index is 0.117. The molecule has 118 valence electrons. The lowest BCUT2D eigenvalue weighted by atomic mass is 10.0. The molecule has 2 N–H and O–H groups in total. The summed E-state index contributed by atoms with van der Waals surface area (Å²) in [5.41, 5.74) is 7.16. The lowest BCUT2D eigenvalue weighted by molar-refractivity contribution is 0.0978. The Balaban J connectivity index is 2.29. The monoisotopic (exact) mass is 358 g/mol. The van der Waals surface area contributed by atoms with Gasteiger partial charge in [-0.2, -0.15) is 0 Å². The number of methoxy groups -OCH3 is 1. The second-order valence-corrected chi connectivity index (χ2v) is 6.17. The lowest BCUT2D eigenvalue weighted by Gasteiger charge is -2.34. The minimum atomic E-state index is 0.117. The Labute approximate surface area is 134 Å². The van der Waals surface area contributed by atoms with Crippen LogP contribution in [0.3, 0.4) is 0 Å². The molecule has 0 saturated carbocycles. The summed E-state index contributed by atoms with van der Waals surface area (Å²) in [6.45, 7) is 6.65. The van der Waals surface area contributed by atoms with Crippen LogP contribution in [0.15, 0.2) is 16.6 Å². The zero-order valence-corrected chi connectivity index (χ0v) is 14.4. The Morgan fingerprint density at radius 2 is 2.14 bits per heavy atom. The van der Waals surface area contributed by atoms with Crippen molar-refractivity contribution in [3.63, 3.8) is 0 Å². The van der Waals surface area contributed by atoms with Crippen LogP contribution >= 0.6 is 15.9 Å². The van der Waals surface area contributed by atoms with Crippen molar-refractivity contribution < 1.29 is 14.2 Å². The molecule has 5 nitrogen and oxygen atoms in total. The van der Waals surface area contributed by atoms with E-state index >= 15 is 0 Å². The first kappa shape index (κ1) is 16.5. The summed E-state index contributed by atoms with van der Waals surface area (Å²) in [5.74, 6) is 1.54. The van der Waals surface area contributed by atoms with Crippen LogP contribution in [0, 0.1) is 0 Å². The number of benzene rings is 1. The first-order chi connectivity index (χ1) is 10.1. The van der Waals surface area contributed by atoms with E-state index in [-0.39, 0.29) is 12.8 Å². The van der Waals surface area contributed by atoms with E-state index in [0.29, 0.717) is 19.2 Å². The Morgan fingerprint density at radius 3 is 2.76 bits per heavy atom. The number of rotatable bonds is 7. The Bertz CT molecular complexity index is 482. The van der Waals surface area contributed by atoms with E-state index in [1.165, 1.54) is 0 Å². The van der Waals surface area contributed by atoms with E-state index in [2.05, 4.69) is 40.7 Å². The maximum absolute atomic E-state index is 6.04. The molecule has 1 aromatic rings. The van der Waals surface area contributed by atoms with Gasteiger partial charge >= 0.3 is 0 Å². The molecular formula is C15H23BrN2O3. The number of fused-ring (bicyclic) bond motifs is 1. The van der Waals surface area contributed by atoms with Crippen LogP contribution in [0.25, 0.3) is 0 Å². The van der Waals surface area contributed by atoms with Crippen LogP contribution in [0.2, 0.25) is 0 Å². The van der Waals surface area contributed by atoms with Crippen molar-refractivity contribution in [1.82, 2.24) is 4.90 Å². The van der Waals surface area contributed by atoms with Crippen LogP contribution in [0.1, 0.15) is 25.5 Å². The smallest absolute Gasteiger partial charge is 0.231 e. The van der Waals surface area contributed by atoms with Crippen molar-refractivity contribution in [2.24, 2.45) is 5.73 Å². The van der Waals surface area contributed by atoms with E-state index in [4.69, 9.17) is 19.9 Å². The average Bonchev–Trinajstić information content (AvgIpc) is 2.91. The zero-order chi connectivity index (χ0) is 15.4. The fourth-order valence-electron chi connectivity index (χ4n) is 2.61. The van der Waals surface area contributed by atoms with Gasteiger partial charge in [0.05, 0.1) is 11.1 Å². The standard InChI is InChI=1S/C15H23BrN2O3/c1-10(2)18(4-5-19-3)13(8-17)11-6-12(16)15-14(7-11)20-9-21-15/h6-7,10,13H,4-5,8-9,17H2,1-3H3. The van der Waals surface area contributed by atoms with Gasteiger partial charge in [0.15, 0.2) is 11.5 Å². The van der Waals surface area contributed by atoms with Gasteiger partial charge in [-0.25, -0.2) is 0 Å². The van der Waals surface area contributed by atoms with Crippen LogP contribution in [-0.4, -0.2) is 44.5 Å². The predicted octanol–water partition coefficient (Wildman–Crippen LogP) is 2.53. The molecule has 0 amide bonds. The van der Waals surface area contributed by atoms with Gasteiger partial charge in [-0.05, 0) is 47.5 Å². The van der Waals surface area contributed by atoms with Crippen molar-refractivity contribution in [2.45, 2.75) is 25.9 Å². The van der Waals surface area contributed by atoms with Gasteiger partial charge in [0.25, 0.3) is 0 Å². The molecule has 6 heteroatoms. The number of hydrogen-bond donors (Lipinski definition) is 1. The molecule has 0 radical (unpaired) electrons. The van der Waals surface area contributed by atoms with Crippen LogP contribution in [0.4, 0.5) is 0 Å². The molecule has 2 rings (SSSR count). The summed E-state index contributed by atoms with van der Waals surface area (Å²) in [4.78, 5) is 2.34. The first-order valence-electron chi connectivity index (χ1n) is 7.12. The van der Waals surface area contributed by atoms with Crippen LogP contribution in [-0.2, 0) is 4.74 Å². The Kier molecular flexibility index (Phi) is 5.87. The SMILES string of the molecule is COCCN(C(C)C)C(CN)c1cc(Br)c2c(c1)OCO2. The molecule has 1 unspecified atom stereocenters. The van der Waals surface area contributed by atoms with E-state index in [1.807, 2.05) is 6.07 Å². The van der Waals surface area contributed by atoms with Crippen molar-refractivity contribution in [2.75, 3.05) is 33.6 Å². The van der Waals surface area contributed by atoms with Crippen molar-refractivity contribution in [1.29, 1.82) is 0 Å². The molecule has 21 heavy (non-hydrogen) atoms. The third-order valence-corrected chi connectivity index (χ3v) is 4.26. The fourth-order valence-corrected chi connectivity index (χ4v) is 3.19. The highest BCUT2D eigenvalue weighted by molar-refractivity contribution is 9.10. The maximum Gasteiger partial charge on any atom is 0.231 e. The third-order valence-electron chi connectivity index (χ3n) is 3.67. The first-order valence-corrected chi connectivity index (χ1v) is 7.91.